The number of carbonyl (C=O) groups is 2. The second-order valence-corrected chi connectivity index (χ2v) is 10.1. The van der Waals surface area contributed by atoms with Gasteiger partial charge >= 0.3 is 0 Å². The van der Waals surface area contributed by atoms with Crippen molar-refractivity contribution in [2.45, 2.75) is 32.7 Å². The third-order valence-electron chi connectivity index (χ3n) is 7.46. The zero-order valence-electron chi connectivity index (χ0n) is 23.7. The first-order valence-electron chi connectivity index (χ1n) is 14.4. The predicted molar refractivity (Wildman–Crippen MR) is 152 cm³/mol. The van der Waals surface area contributed by atoms with Gasteiger partial charge in [0.1, 0.15) is 19.0 Å². The lowest BCUT2D eigenvalue weighted by Gasteiger charge is -2.31. The molecule has 0 spiro atoms. The normalized spacial score (nSPS) is 20.3. The van der Waals surface area contributed by atoms with E-state index in [1.165, 1.54) is 0 Å². The van der Waals surface area contributed by atoms with Crippen LogP contribution in [0.25, 0.3) is 5.76 Å². The number of carbonyl (C=O) groups excluding carboxylic acids is 2. The first-order valence-corrected chi connectivity index (χ1v) is 14.4. The minimum absolute atomic E-state index is 0.0238. The Morgan fingerprint density at radius 2 is 1.71 bits per heavy atom. The Bertz CT molecular complexity index is 1290. The summed E-state index contributed by atoms with van der Waals surface area (Å²) in [5.74, 6) is 0.524. The molecule has 1 amide bonds. The van der Waals surface area contributed by atoms with Crippen LogP contribution in [0.2, 0.25) is 0 Å². The molecule has 41 heavy (non-hydrogen) atoms. The number of aliphatic hydroxyl groups is 1. The lowest BCUT2D eigenvalue weighted by Crippen LogP contribution is -2.42. The highest BCUT2D eigenvalue weighted by Gasteiger charge is 2.46. The van der Waals surface area contributed by atoms with Gasteiger partial charge < -0.3 is 33.7 Å². The molecular weight excluding hydrogens is 528 g/mol. The van der Waals surface area contributed by atoms with Gasteiger partial charge in [-0.15, -0.1) is 0 Å². The summed E-state index contributed by atoms with van der Waals surface area (Å²) in [6, 6.07) is 9.63. The molecule has 2 saturated heterocycles. The largest absolute Gasteiger partial charge is 0.507 e. The number of rotatable bonds is 11. The van der Waals surface area contributed by atoms with Crippen LogP contribution in [0.3, 0.4) is 0 Å². The monoisotopic (exact) mass is 566 g/mol. The summed E-state index contributed by atoms with van der Waals surface area (Å²) in [6.07, 6.45) is 1.91. The van der Waals surface area contributed by atoms with Gasteiger partial charge in [0.15, 0.2) is 23.0 Å². The minimum atomic E-state index is -0.812. The van der Waals surface area contributed by atoms with Crippen molar-refractivity contribution in [3.05, 3.63) is 53.1 Å². The van der Waals surface area contributed by atoms with Gasteiger partial charge in [0, 0.05) is 31.7 Å². The number of Topliss-reactive ketones (excluding diaryl/α,β-unsaturated/α-hetero) is 1. The maximum absolute atomic E-state index is 13.6. The lowest BCUT2D eigenvalue weighted by molar-refractivity contribution is -0.140. The maximum Gasteiger partial charge on any atom is 0.295 e. The molecule has 1 atom stereocenters. The van der Waals surface area contributed by atoms with Gasteiger partial charge in [-0.1, -0.05) is 19.4 Å². The van der Waals surface area contributed by atoms with Gasteiger partial charge in [0.05, 0.1) is 38.0 Å². The number of hydrogen-bond donors (Lipinski definition) is 1. The summed E-state index contributed by atoms with van der Waals surface area (Å²) in [4.78, 5) is 30.8. The van der Waals surface area contributed by atoms with Crippen LogP contribution in [0.5, 0.6) is 23.0 Å². The predicted octanol–water partition coefficient (Wildman–Crippen LogP) is 3.79. The van der Waals surface area contributed by atoms with Crippen LogP contribution in [-0.2, 0) is 14.3 Å². The van der Waals surface area contributed by atoms with E-state index >= 15 is 0 Å². The number of unbranched alkanes of at least 4 members (excludes halogenated alkanes) is 1. The second kappa shape index (κ2) is 13.3. The first-order chi connectivity index (χ1) is 20.0. The molecule has 10 heteroatoms. The Kier molecular flexibility index (Phi) is 9.31. The number of ether oxygens (including phenoxy) is 5. The summed E-state index contributed by atoms with van der Waals surface area (Å²) >= 11 is 0. The number of amides is 1. The summed E-state index contributed by atoms with van der Waals surface area (Å²) in [5.41, 5.74) is 1.04. The van der Waals surface area contributed by atoms with Crippen molar-refractivity contribution in [3.8, 4) is 23.0 Å². The molecule has 0 saturated carbocycles. The standard InChI is InChI=1S/C31H38N2O8/c1-3-5-14-39-23-8-6-21(19-25(23)38-4-2)28-27(29(34)22-7-9-24-26(20-22)41-18-17-40-24)30(35)31(36)33(28)11-10-32-12-15-37-16-13-32/h6-9,19-20,28,34H,3-5,10-18H2,1-2H3. The maximum atomic E-state index is 13.6. The van der Waals surface area contributed by atoms with Crippen LogP contribution in [0.1, 0.15) is 43.9 Å². The molecule has 5 rings (SSSR count). The number of aliphatic hydroxyl groups excluding tert-OH is 1. The van der Waals surface area contributed by atoms with Gasteiger partial charge in [-0.25, -0.2) is 0 Å². The molecule has 0 radical (unpaired) electrons. The highest BCUT2D eigenvalue weighted by atomic mass is 16.6. The number of ketones is 1. The van der Waals surface area contributed by atoms with Crippen molar-refractivity contribution < 1.29 is 38.4 Å². The van der Waals surface area contributed by atoms with E-state index in [1.807, 2.05) is 19.1 Å². The van der Waals surface area contributed by atoms with E-state index in [0.29, 0.717) is 86.9 Å². The van der Waals surface area contributed by atoms with Crippen molar-refractivity contribution in [3.63, 3.8) is 0 Å². The summed E-state index contributed by atoms with van der Waals surface area (Å²) < 4.78 is 28.6. The Balaban J connectivity index is 1.55. The molecule has 2 fully saturated rings. The van der Waals surface area contributed by atoms with Gasteiger partial charge in [0.2, 0.25) is 0 Å². The number of nitrogens with zero attached hydrogens (tertiary/aromatic N) is 2. The average Bonchev–Trinajstić information content (AvgIpc) is 3.26. The van der Waals surface area contributed by atoms with Crippen molar-refractivity contribution in [2.75, 3.05) is 65.8 Å². The van der Waals surface area contributed by atoms with E-state index in [0.717, 1.165) is 25.9 Å². The Labute approximate surface area is 240 Å². The van der Waals surface area contributed by atoms with E-state index in [2.05, 4.69) is 11.8 Å². The topological polar surface area (TPSA) is 107 Å². The van der Waals surface area contributed by atoms with Crippen LogP contribution in [0, 0.1) is 0 Å². The average molecular weight is 567 g/mol. The summed E-state index contributed by atoms with van der Waals surface area (Å²) in [6.45, 7) is 9.43. The Morgan fingerprint density at radius 3 is 2.46 bits per heavy atom. The first kappa shape index (κ1) is 28.8. The minimum Gasteiger partial charge on any atom is -0.507 e. The van der Waals surface area contributed by atoms with Gasteiger partial charge in [-0.05, 0) is 49.2 Å². The van der Waals surface area contributed by atoms with Crippen molar-refractivity contribution in [1.29, 1.82) is 0 Å². The number of benzene rings is 2. The SMILES string of the molecule is CCCCOc1ccc(C2C(=C(O)c3ccc4c(c3)OCCO4)C(=O)C(=O)N2CCN2CCOCC2)cc1OCC. The van der Waals surface area contributed by atoms with Crippen LogP contribution in [0.15, 0.2) is 42.0 Å². The van der Waals surface area contributed by atoms with Gasteiger partial charge in [-0.3, -0.25) is 14.5 Å². The molecule has 1 unspecified atom stereocenters. The smallest absolute Gasteiger partial charge is 0.295 e. The molecule has 0 aromatic heterocycles. The van der Waals surface area contributed by atoms with E-state index in [9.17, 15) is 14.7 Å². The van der Waals surface area contributed by atoms with Crippen molar-refractivity contribution in [2.24, 2.45) is 0 Å². The molecule has 0 bridgehead atoms. The molecule has 1 N–H and O–H groups in total. The van der Waals surface area contributed by atoms with Crippen LogP contribution in [0.4, 0.5) is 0 Å². The zero-order valence-corrected chi connectivity index (χ0v) is 23.7. The molecule has 2 aromatic carbocycles. The number of fused-ring (bicyclic) bond motifs is 1. The van der Waals surface area contributed by atoms with E-state index < -0.39 is 17.7 Å². The van der Waals surface area contributed by atoms with Gasteiger partial charge in [0.25, 0.3) is 11.7 Å². The second-order valence-electron chi connectivity index (χ2n) is 10.1. The van der Waals surface area contributed by atoms with Crippen LogP contribution >= 0.6 is 0 Å². The highest BCUT2D eigenvalue weighted by molar-refractivity contribution is 6.46. The third-order valence-corrected chi connectivity index (χ3v) is 7.46. The molecule has 3 aliphatic heterocycles. The Morgan fingerprint density at radius 1 is 0.927 bits per heavy atom. The molecule has 3 aliphatic rings. The summed E-state index contributed by atoms with van der Waals surface area (Å²) in [5, 5.41) is 11.5. The van der Waals surface area contributed by atoms with E-state index in [4.69, 9.17) is 23.7 Å². The number of morpholine rings is 1. The summed E-state index contributed by atoms with van der Waals surface area (Å²) in [7, 11) is 0. The van der Waals surface area contributed by atoms with Crippen molar-refractivity contribution >= 4 is 17.4 Å². The molecule has 0 aliphatic carbocycles. The van der Waals surface area contributed by atoms with E-state index in [1.54, 1.807) is 29.2 Å². The molecular formula is C31H38N2O8. The fraction of sp³-hybridized carbons (Fsp3) is 0.484. The number of likely N-dealkylation sites (tertiary alicyclic amines) is 1. The molecule has 10 nitrogen and oxygen atoms in total. The lowest BCUT2D eigenvalue weighted by atomic mass is 9.94. The highest BCUT2D eigenvalue weighted by Crippen LogP contribution is 2.43. The van der Waals surface area contributed by atoms with Crippen molar-refractivity contribution in [1.82, 2.24) is 9.80 Å². The number of hydrogen-bond acceptors (Lipinski definition) is 9. The Hall–Kier alpha value is -3.76. The quantitative estimate of drug-likeness (QED) is 0.188. The molecule has 2 aromatic rings. The molecule has 3 heterocycles. The fourth-order valence-corrected chi connectivity index (χ4v) is 5.29. The third kappa shape index (κ3) is 6.28. The van der Waals surface area contributed by atoms with Crippen LogP contribution in [-0.4, -0.2) is 92.4 Å². The van der Waals surface area contributed by atoms with E-state index in [-0.39, 0.29) is 11.3 Å². The van der Waals surface area contributed by atoms with Gasteiger partial charge in [-0.2, -0.15) is 0 Å². The molecule has 220 valence electrons. The van der Waals surface area contributed by atoms with Crippen LogP contribution < -0.4 is 18.9 Å². The fourth-order valence-electron chi connectivity index (χ4n) is 5.29. The zero-order chi connectivity index (χ0) is 28.8.